The predicted octanol–water partition coefficient (Wildman–Crippen LogP) is 2.53. The van der Waals surface area contributed by atoms with Crippen molar-refractivity contribution in [3.63, 3.8) is 0 Å². The molecule has 0 spiro atoms. The molecule has 0 bridgehead atoms. The molecule has 0 radical (unpaired) electrons. The zero-order valence-corrected chi connectivity index (χ0v) is 11.6. The molecule has 0 saturated heterocycles. The first-order valence-corrected chi connectivity index (χ1v) is 6.61. The Labute approximate surface area is 124 Å². The first kappa shape index (κ1) is 14.4. The number of halogens is 3. The van der Waals surface area contributed by atoms with Gasteiger partial charge in [-0.25, -0.2) is 0 Å². The number of carbonyl (C=O) groups is 1. The van der Waals surface area contributed by atoms with Gasteiger partial charge in [0.15, 0.2) is 0 Å². The zero-order chi connectivity index (χ0) is 16.1. The van der Waals surface area contributed by atoms with Crippen LogP contribution in [0.3, 0.4) is 0 Å². The number of amides is 1. The summed E-state index contributed by atoms with van der Waals surface area (Å²) in [6.07, 6.45) is -3.00. The Bertz CT molecular complexity index is 721. The molecule has 1 aromatic carbocycles. The van der Waals surface area contributed by atoms with Crippen molar-refractivity contribution in [2.24, 2.45) is 0 Å². The number of aromatic nitrogens is 2. The summed E-state index contributed by atoms with van der Waals surface area (Å²) in [5.74, 6) is -0.367. The highest BCUT2D eigenvalue weighted by molar-refractivity contribution is 6.09. The first-order chi connectivity index (χ1) is 10.3. The quantitative estimate of drug-likeness (QED) is 0.880. The molecular weight excluding hydrogens is 297 g/mol. The second kappa shape index (κ2) is 4.75. The number of nitrogen functional groups attached to an aromatic ring is 1. The number of anilines is 2. The van der Waals surface area contributed by atoms with E-state index in [-0.39, 0.29) is 23.3 Å². The number of hydrogen-bond donors (Lipinski definition) is 1. The molecule has 2 aromatic rings. The van der Waals surface area contributed by atoms with Gasteiger partial charge in [-0.05, 0) is 31.2 Å². The molecular formula is C14H13F3N4O. The van der Waals surface area contributed by atoms with E-state index in [9.17, 15) is 18.0 Å². The number of rotatable bonds is 1. The molecule has 1 aliphatic heterocycles. The molecule has 3 rings (SSSR count). The number of nitrogens with zero attached hydrogens (tertiary/aromatic N) is 3. The lowest BCUT2D eigenvalue weighted by molar-refractivity contribution is -0.137. The molecule has 2 N–H and O–H groups in total. The third-order valence-electron chi connectivity index (χ3n) is 3.64. The highest BCUT2D eigenvalue weighted by Gasteiger charge is 2.35. The largest absolute Gasteiger partial charge is 0.416 e. The number of alkyl halides is 3. The number of hydrogen-bond acceptors (Lipinski definition) is 3. The normalized spacial score (nSPS) is 18.5. The molecule has 2 heterocycles. The number of fused-ring (bicyclic) bond motifs is 1. The van der Waals surface area contributed by atoms with E-state index in [1.807, 2.05) is 0 Å². The smallest absolute Gasteiger partial charge is 0.396 e. The van der Waals surface area contributed by atoms with Gasteiger partial charge < -0.3 is 10.6 Å². The summed E-state index contributed by atoms with van der Waals surface area (Å²) in [5, 5.41) is 4.03. The average molecular weight is 310 g/mol. The van der Waals surface area contributed by atoms with Gasteiger partial charge in [-0.2, -0.15) is 18.3 Å². The molecule has 1 aliphatic rings. The molecule has 1 atom stereocenters. The van der Waals surface area contributed by atoms with Crippen molar-refractivity contribution in [2.75, 3.05) is 10.6 Å². The predicted molar refractivity (Wildman–Crippen MR) is 74.4 cm³/mol. The Morgan fingerprint density at radius 1 is 1.27 bits per heavy atom. The SMILES string of the molecule is C[C@H]1Cn2ncc(N)c2C(=O)N1c1ccc(C(F)(F)F)cc1. The maximum Gasteiger partial charge on any atom is 0.416 e. The minimum Gasteiger partial charge on any atom is -0.396 e. The molecule has 22 heavy (non-hydrogen) atoms. The van der Waals surface area contributed by atoms with Crippen molar-refractivity contribution in [3.8, 4) is 0 Å². The lowest BCUT2D eigenvalue weighted by atomic mass is 10.1. The van der Waals surface area contributed by atoms with Crippen LogP contribution < -0.4 is 10.6 Å². The molecule has 0 fully saturated rings. The third-order valence-corrected chi connectivity index (χ3v) is 3.64. The molecule has 1 amide bonds. The second-order valence-corrected chi connectivity index (χ2v) is 5.20. The minimum absolute atomic E-state index is 0.240. The molecule has 0 unspecified atom stereocenters. The van der Waals surface area contributed by atoms with Crippen molar-refractivity contribution in [2.45, 2.75) is 25.7 Å². The Morgan fingerprint density at radius 3 is 2.50 bits per heavy atom. The Morgan fingerprint density at radius 2 is 1.91 bits per heavy atom. The van der Waals surface area contributed by atoms with Crippen LogP contribution in [0.2, 0.25) is 0 Å². The summed E-state index contributed by atoms with van der Waals surface area (Å²) >= 11 is 0. The fraction of sp³-hybridized carbons (Fsp3) is 0.286. The summed E-state index contributed by atoms with van der Waals surface area (Å²) in [6, 6.07) is 4.27. The van der Waals surface area contributed by atoms with E-state index in [0.29, 0.717) is 12.2 Å². The maximum atomic E-state index is 12.6. The summed E-state index contributed by atoms with van der Waals surface area (Å²) in [5.41, 5.74) is 5.91. The van der Waals surface area contributed by atoms with Crippen LogP contribution in [0.15, 0.2) is 30.5 Å². The third kappa shape index (κ3) is 2.20. The molecule has 5 nitrogen and oxygen atoms in total. The van der Waals surface area contributed by atoms with E-state index in [2.05, 4.69) is 5.10 Å². The van der Waals surface area contributed by atoms with Gasteiger partial charge in [0.1, 0.15) is 5.69 Å². The van der Waals surface area contributed by atoms with Crippen LogP contribution in [-0.2, 0) is 12.7 Å². The Balaban J connectivity index is 1.98. The van der Waals surface area contributed by atoms with Gasteiger partial charge >= 0.3 is 6.18 Å². The number of carbonyl (C=O) groups excluding carboxylic acids is 1. The molecule has 1 aromatic heterocycles. The van der Waals surface area contributed by atoms with E-state index in [4.69, 9.17) is 5.73 Å². The van der Waals surface area contributed by atoms with Gasteiger partial charge in [0, 0.05) is 5.69 Å². The topological polar surface area (TPSA) is 64.2 Å². The molecule has 116 valence electrons. The maximum absolute atomic E-state index is 12.6. The fourth-order valence-corrected chi connectivity index (χ4v) is 2.60. The fourth-order valence-electron chi connectivity index (χ4n) is 2.60. The lowest BCUT2D eigenvalue weighted by Crippen LogP contribution is -2.47. The average Bonchev–Trinajstić information content (AvgIpc) is 2.79. The van der Waals surface area contributed by atoms with Gasteiger partial charge in [0.25, 0.3) is 5.91 Å². The van der Waals surface area contributed by atoms with E-state index in [0.717, 1.165) is 12.1 Å². The Kier molecular flexibility index (Phi) is 3.12. The van der Waals surface area contributed by atoms with Crippen molar-refractivity contribution in [3.05, 3.63) is 41.7 Å². The van der Waals surface area contributed by atoms with Gasteiger partial charge in [0.2, 0.25) is 0 Å². The molecule has 0 saturated carbocycles. The van der Waals surface area contributed by atoms with Crippen molar-refractivity contribution in [1.82, 2.24) is 9.78 Å². The van der Waals surface area contributed by atoms with Gasteiger partial charge in [-0.15, -0.1) is 0 Å². The van der Waals surface area contributed by atoms with Crippen LogP contribution in [0.4, 0.5) is 24.5 Å². The number of benzene rings is 1. The van der Waals surface area contributed by atoms with E-state index in [1.165, 1.54) is 27.9 Å². The van der Waals surface area contributed by atoms with E-state index < -0.39 is 11.7 Å². The van der Waals surface area contributed by atoms with Crippen molar-refractivity contribution in [1.29, 1.82) is 0 Å². The van der Waals surface area contributed by atoms with E-state index >= 15 is 0 Å². The Hall–Kier alpha value is -2.51. The second-order valence-electron chi connectivity index (χ2n) is 5.20. The van der Waals surface area contributed by atoms with Crippen LogP contribution >= 0.6 is 0 Å². The lowest BCUT2D eigenvalue weighted by Gasteiger charge is -2.34. The highest BCUT2D eigenvalue weighted by Crippen LogP contribution is 2.32. The van der Waals surface area contributed by atoms with Crippen LogP contribution in [0.25, 0.3) is 0 Å². The first-order valence-electron chi connectivity index (χ1n) is 6.61. The van der Waals surface area contributed by atoms with Crippen molar-refractivity contribution < 1.29 is 18.0 Å². The zero-order valence-electron chi connectivity index (χ0n) is 11.6. The van der Waals surface area contributed by atoms with Gasteiger partial charge in [0.05, 0.1) is 30.0 Å². The van der Waals surface area contributed by atoms with Crippen LogP contribution in [0.5, 0.6) is 0 Å². The van der Waals surface area contributed by atoms with Crippen LogP contribution in [0, 0.1) is 0 Å². The number of nitrogens with two attached hydrogens (primary N) is 1. The van der Waals surface area contributed by atoms with Crippen LogP contribution in [-0.4, -0.2) is 21.7 Å². The molecule has 0 aliphatic carbocycles. The molecule has 8 heteroatoms. The summed E-state index contributed by atoms with van der Waals surface area (Å²) in [4.78, 5) is 14.0. The van der Waals surface area contributed by atoms with Crippen molar-refractivity contribution >= 4 is 17.3 Å². The summed E-state index contributed by atoms with van der Waals surface area (Å²) in [7, 11) is 0. The van der Waals surface area contributed by atoms with Gasteiger partial charge in [-0.3, -0.25) is 9.48 Å². The summed E-state index contributed by atoms with van der Waals surface area (Å²) < 4.78 is 39.4. The van der Waals surface area contributed by atoms with Crippen LogP contribution in [0.1, 0.15) is 23.0 Å². The van der Waals surface area contributed by atoms with Gasteiger partial charge in [-0.1, -0.05) is 0 Å². The summed E-state index contributed by atoms with van der Waals surface area (Å²) in [6.45, 7) is 2.23. The monoisotopic (exact) mass is 310 g/mol. The van der Waals surface area contributed by atoms with E-state index in [1.54, 1.807) is 6.92 Å². The standard InChI is InChI=1S/C14H13F3N4O/c1-8-7-20-12(11(18)6-19-20)13(22)21(8)10-4-2-9(3-5-10)14(15,16)17/h2-6,8H,7,18H2,1H3/t8-/m0/s1. The highest BCUT2D eigenvalue weighted by atomic mass is 19.4. The minimum atomic E-state index is -4.40.